The third-order valence-electron chi connectivity index (χ3n) is 6.99. The van der Waals surface area contributed by atoms with Crippen molar-refractivity contribution in [1.82, 2.24) is 39.0 Å². The standard InChI is InChI=1S/C28H31N9O2/c1-4-13-36-27(38)22-17-29-28(30-20-9-10-23-19(16-20)18-35(5-2)33-23)32-26(22)37(36)24-7-6-8-25(31-24)39-21-11-14-34(3)15-12-21/h4,6-10,16-18,21H,1,5,11-15H2,2-3H3,(H,29,30,32). The highest BCUT2D eigenvalue weighted by Crippen LogP contribution is 2.23. The number of hydrogen-bond donors (Lipinski definition) is 1. The van der Waals surface area contributed by atoms with Crippen LogP contribution in [-0.2, 0) is 13.1 Å². The number of benzene rings is 1. The molecule has 1 fully saturated rings. The van der Waals surface area contributed by atoms with E-state index in [2.05, 4.69) is 40.8 Å². The van der Waals surface area contributed by atoms with Crippen molar-refractivity contribution in [3.8, 4) is 11.7 Å². The number of fused-ring (bicyclic) bond motifs is 2. The number of likely N-dealkylation sites (tertiary alicyclic amines) is 1. The summed E-state index contributed by atoms with van der Waals surface area (Å²) in [5, 5.41) is 9.21. The molecule has 39 heavy (non-hydrogen) atoms. The molecule has 1 aliphatic rings. The van der Waals surface area contributed by atoms with E-state index in [0.717, 1.165) is 49.1 Å². The number of ether oxygens (including phenoxy) is 1. The van der Waals surface area contributed by atoms with E-state index in [0.29, 0.717) is 28.7 Å². The maximum Gasteiger partial charge on any atom is 0.278 e. The number of aromatic nitrogens is 7. The van der Waals surface area contributed by atoms with Gasteiger partial charge in [0, 0.05) is 49.2 Å². The molecule has 0 unspecified atom stereocenters. The van der Waals surface area contributed by atoms with Crippen LogP contribution in [-0.4, -0.2) is 65.2 Å². The first-order valence-electron chi connectivity index (χ1n) is 13.2. The number of aryl methyl sites for hydroxylation is 1. The fraction of sp³-hybridized carbons (Fsp3) is 0.321. The molecular formula is C28H31N9O2. The molecular weight excluding hydrogens is 494 g/mol. The zero-order chi connectivity index (χ0) is 26.9. The minimum atomic E-state index is -0.215. The summed E-state index contributed by atoms with van der Waals surface area (Å²) in [6, 6.07) is 11.5. The second-order valence-electron chi connectivity index (χ2n) is 9.76. The first-order chi connectivity index (χ1) is 19.0. The minimum Gasteiger partial charge on any atom is -0.474 e. The summed E-state index contributed by atoms with van der Waals surface area (Å²) in [4.78, 5) is 29.5. The Bertz CT molecular complexity index is 1710. The van der Waals surface area contributed by atoms with Gasteiger partial charge >= 0.3 is 0 Å². The van der Waals surface area contributed by atoms with Crippen LogP contribution in [0.15, 0.2) is 66.2 Å². The molecule has 11 heteroatoms. The highest BCUT2D eigenvalue weighted by atomic mass is 16.5. The van der Waals surface area contributed by atoms with Crippen molar-refractivity contribution in [2.24, 2.45) is 0 Å². The van der Waals surface area contributed by atoms with Crippen LogP contribution in [0.3, 0.4) is 0 Å². The molecule has 0 aliphatic carbocycles. The lowest BCUT2D eigenvalue weighted by Crippen LogP contribution is -2.35. The van der Waals surface area contributed by atoms with Gasteiger partial charge in [0.2, 0.25) is 11.8 Å². The third kappa shape index (κ3) is 4.88. The molecule has 1 aliphatic heterocycles. The Morgan fingerprint density at radius 2 is 2.03 bits per heavy atom. The number of pyridine rings is 1. The van der Waals surface area contributed by atoms with Crippen LogP contribution in [0.25, 0.3) is 27.8 Å². The summed E-state index contributed by atoms with van der Waals surface area (Å²) in [7, 11) is 2.12. The van der Waals surface area contributed by atoms with Crippen LogP contribution in [0.2, 0.25) is 0 Å². The van der Waals surface area contributed by atoms with E-state index in [1.165, 1.54) is 0 Å². The minimum absolute atomic E-state index is 0.112. The number of nitrogens with zero attached hydrogens (tertiary/aromatic N) is 8. The molecule has 200 valence electrons. The van der Waals surface area contributed by atoms with Crippen molar-refractivity contribution >= 4 is 33.6 Å². The Balaban J connectivity index is 1.37. The topological polar surface area (TPSA) is 108 Å². The number of rotatable bonds is 8. The van der Waals surface area contributed by atoms with Crippen molar-refractivity contribution in [2.45, 2.75) is 39.0 Å². The van der Waals surface area contributed by atoms with Crippen LogP contribution >= 0.6 is 0 Å². The Morgan fingerprint density at radius 1 is 1.18 bits per heavy atom. The summed E-state index contributed by atoms with van der Waals surface area (Å²) in [6.45, 7) is 8.96. The van der Waals surface area contributed by atoms with Gasteiger partial charge in [-0.2, -0.15) is 15.1 Å². The van der Waals surface area contributed by atoms with Gasteiger partial charge in [0.15, 0.2) is 11.5 Å². The van der Waals surface area contributed by atoms with Gasteiger partial charge in [-0.05, 0) is 51.1 Å². The van der Waals surface area contributed by atoms with E-state index in [1.54, 1.807) is 21.6 Å². The van der Waals surface area contributed by atoms with E-state index < -0.39 is 0 Å². The monoisotopic (exact) mass is 525 g/mol. The van der Waals surface area contributed by atoms with Gasteiger partial charge < -0.3 is 15.0 Å². The molecule has 0 spiro atoms. The molecule has 0 bridgehead atoms. The van der Waals surface area contributed by atoms with Crippen molar-refractivity contribution in [3.05, 3.63) is 71.8 Å². The SMILES string of the molecule is C=CCn1c(=O)c2cnc(Nc3ccc4nn(CC)cc4c3)nc2n1-c1cccc(OC2CCN(C)CC2)n1. The van der Waals surface area contributed by atoms with E-state index in [-0.39, 0.29) is 18.2 Å². The van der Waals surface area contributed by atoms with Gasteiger partial charge in [0.25, 0.3) is 5.56 Å². The highest BCUT2D eigenvalue weighted by molar-refractivity contribution is 5.83. The van der Waals surface area contributed by atoms with Gasteiger partial charge in [-0.15, -0.1) is 6.58 Å². The molecule has 1 N–H and O–H groups in total. The second kappa shape index (κ2) is 10.3. The normalized spacial score (nSPS) is 14.7. The smallest absolute Gasteiger partial charge is 0.278 e. The molecule has 5 aromatic rings. The quantitative estimate of drug-likeness (QED) is 0.305. The maximum absolute atomic E-state index is 13.3. The summed E-state index contributed by atoms with van der Waals surface area (Å²) >= 11 is 0. The first kappa shape index (κ1) is 24.8. The number of anilines is 2. The third-order valence-corrected chi connectivity index (χ3v) is 6.99. The molecule has 11 nitrogen and oxygen atoms in total. The van der Waals surface area contributed by atoms with Gasteiger partial charge in [-0.1, -0.05) is 12.1 Å². The number of hydrogen-bond acceptors (Lipinski definition) is 8. The molecule has 0 atom stereocenters. The summed E-state index contributed by atoms with van der Waals surface area (Å²) in [5.41, 5.74) is 1.97. The molecule has 5 heterocycles. The highest BCUT2D eigenvalue weighted by Gasteiger charge is 2.21. The predicted molar refractivity (Wildman–Crippen MR) is 151 cm³/mol. The van der Waals surface area contributed by atoms with Gasteiger partial charge in [-0.25, -0.2) is 14.3 Å². The fourth-order valence-corrected chi connectivity index (χ4v) is 4.92. The van der Waals surface area contributed by atoms with E-state index in [1.807, 2.05) is 47.3 Å². The summed E-state index contributed by atoms with van der Waals surface area (Å²) in [5.74, 6) is 1.43. The largest absolute Gasteiger partial charge is 0.474 e. The number of allylic oxidation sites excluding steroid dienone is 1. The summed E-state index contributed by atoms with van der Waals surface area (Å²) < 4.78 is 11.4. The Hall–Kier alpha value is -4.51. The van der Waals surface area contributed by atoms with Gasteiger partial charge in [-0.3, -0.25) is 9.48 Å². The molecule has 1 saturated heterocycles. The van der Waals surface area contributed by atoms with Crippen LogP contribution in [0.1, 0.15) is 19.8 Å². The van der Waals surface area contributed by atoms with Crippen molar-refractivity contribution < 1.29 is 4.74 Å². The van der Waals surface area contributed by atoms with E-state index in [4.69, 9.17) is 14.7 Å². The maximum atomic E-state index is 13.3. The fourth-order valence-electron chi connectivity index (χ4n) is 4.92. The summed E-state index contributed by atoms with van der Waals surface area (Å²) in [6.07, 6.45) is 7.24. The Kier molecular flexibility index (Phi) is 6.57. The lowest BCUT2D eigenvalue weighted by atomic mass is 10.1. The number of nitrogens with one attached hydrogen (secondary N) is 1. The lowest BCUT2D eigenvalue weighted by Gasteiger charge is -2.29. The van der Waals surface area contributed by atoms with Crippen molar-refractivity contribution in [2.75, 3.05) is 25.5 Å². The zero-order valence-corrected chi connectivity index (χ0v) is 22.1. The van der Waals surface area contributed by atoms with E-state index in [9.17, 15) is 4.79 Å². The average Bonchev–Trinajstić information content (AvgIpc) is 3.48. The van der Waals surface area contributed by atoms with Gasteiger partial charge in [0.05, 0.1) is 12.1 Å². The molecule has 4 aromatic heterocycles. The van der Waals surface area contributed by atoms with Crippen LogP contribution in [0.4, 0.5) is 11.6 Å². The Morgan fingerprint density at radius 3 is 2.82 bits per heavy atom. The van der Waals surface area contributed by atoms with Crippen molar-refractivity contribution in [3.63, 3.8) is 0 Å². The average molecular weight is 526 g/mol. The second-order valence-corrected chi connectivity index (χ2v) is 9.76. The van der Waals surface area contributed by atoms with Crippen LogP contribution < -0.4 is 15.6 Å². The first-order valence-corrected chi connectivity index (χ1v) is 13.2. The molecule has 0 radical (unpaired) electrons. The zero-order valence-electron chi connectivity index (χ0n) is 22.1. The van der Waals surface area contributed by atoms with Crippen molar-refractivity contribution in [1.29, 1.82) is 0 Å². The van der Waals surface area contributed by atoms with Crippen LogP contribution in [0.5, 0.6) is 5.88 Å². The van der Waals surface area contributed by atoms with Gasteiger partial charge in [0.1, 0.15) is 11.5 Å². The van der Waals surface area contributed by atoms with Crippen LogP contribution in [0, 0.1) is 0 Å². The predicted octanol–water partition coefficient (Wildman–Crippen LogP) is 3.75. The molecule has 6 rings (SSSR count). The Labute approximate surface area is 225 Å². The lowest BCUT2D eigenvalue weighted by molar-refractivity contribution is 0.110. The molecule has 1 aromatic carbocycles. The van der Waals surface area contributed by atoms with E-state index >= 15 is 0 Å². The molecule has 0 amide bonds. The molecule has 0 saturated carbocycles. The number of piperidine rings is 1.